The van der Waals surface area contributed by atoms with E-state index in [0.717, 1.165) is 12.2 Å². The van der Waals surface area contributed by atoms with Gasteiger partial charge in [0.25, 0.3) is 0 Å². The number of hydrogen-bond acceptors (Lipinski definition) is 1. The van der Waals surface area contributed by atoms with E-state index in [4.69, 9.17) is 23.2 Å². The van der Waals surface area contributed by atoms with Crippen LogP contribution in [0.3, 0.4) is 0 Å². The Balaban J connectivity index is 3.05. The zero-order valence-corrected chi connectivity index (χ0v) is 11.5. The highest BCUT2D eigenvalue weighted by atomic mass is 35.5. The molecule has 4 heteroatoms. The van der Waals surface area contributed by atoms with Gasteiger partial charge in [-0.05, 0) is 30.1 Å². The zero-order valence-electron chi connectivity index (χ0n) is 9.18. The first kappa shape index (κ1) is 14.1. The van der Waals surface area contributed by atoms with E-state index in [-0.39, 0.29) is 5.82 Å². The topological polar surface area (TPSA) is 0 Å². The van der Waals surface area contributed by atoms with E-state index in [1.165, 1.54) is 6.07 Å². The minimum absolute atomic E-state index is 0.218. The number of benzene rings is 1. The molecule has 0 heterocycles. The van der Waals surface area contributed by atoms with Gasteiger partial charge in [0.2, 0.25) is 0 Å². The summed E-state index contributed by atoms with van der Waals surface area (Å²) in [6.45, 7) is 0. The molecule has 0 amide bonds. The molecule has 90 valence electrons. The minimum atomic E-state index is -0.447. The van der Waals surface area contributed by atoms with Crippen LogP contribution in [0, 0.1) is 5.82 Å². The number of hydrogen-bond donors (Lipinski definition) is 0. The Bertz CT molecular complexity index is 327. The van der Waals surface area contributed by atoms with Crippen LogP contribution in [0.1, 0.15) is 12.0 Å². The first-order valence-electron chi connectivity index (χ1n) is 5.06. The fourth-order valence-electron chi connectivity index (χ4n) is 1.64. The van der Waals surface area contributed by atoms with Crippen molar-refractivity contribution in [1.82, 2.24) is 0 Å². The van der Waals surface area contributed by atoms with E-state index in [1.54, 1.807) is 23.9 Å². The van der Waals surface area contributed by atoms with Gasteiger partial charge in [-0.25, -0.2) is 4.39 Å². The Morgan fingerprint density at radius 3 is 2.38 bits per heavy atom. The van der Waals surface area contributed by atoms with Crippen molar-refractivity contribution in [3.63, 3.8) is 0 Å². The molecule has 0 spiro atoms. The second-order valence-electron chi connectivity index (χ2n) is 3.77. The fraction of sp³-hybridized carbons (Fsp3) is 0.500. The summed E-state index contributed by atoms with van der Waals surface area (Å²) < 4.78 is 13.8. The minimum Gasteiger partial charge on any atom is -0.207 e. The fourth-order valence-corrected chi connectivity index (χ4v) is 3.07. The summed E-state index contributed by atoms with van der Waals surface area (Å²) in [5, 5.41) is 0. The third-order valence-corrected chi connectivity index (χ3v) is 4.38. The molecule has 1 aromatic rings. The molecular weight excluding hydrogens is 266 g/mol. The highest BCUT2D eigenvalue weighted by Crippen LogP contribution is 2.33. The lowest BCUT2D eigenvalue weighted by atomic mass is 9.81. The first-order valence-corrected chi connectivity index (χ1v) is 7.52. The molecule has 0 aliphatic rings. The largest absolute Gasteiger partial charge is 0.207 e. The first-order chi connectivity index (χ1) is 7.70. The highest BCUT2D eigenvalue weighted by molar-refractivity contribution is 7.98. The molecule has 1 rings (SSSR count). The number of alkyl halides is 2. The molecule has 0 aliphatic carbocycles. The second-order valence-corrected chi connectivity index (χ2v) is 5.29. The van der Waals surface area contributed by atoms with Crippen molar-refractivity contribution in [3.8, 4) is 0 Å². The van der Waals surface area contributed by atoms with Crippen LogP contribution in [-0.4, -0.2) is 23.8 Å². The molecule has 0 nitrogen and oxygen atoms in total. The summed E-state index contributed by atoms with van der Waals surface area (Å²) in [5.41, 5.74) is 0.186. The van der Waals surface area contributed by atoms with E-state index in [0.29, 0.717) is 17.3 Å². The van der Waals surface area contributed by atoms with Gasteiger partial charge in [0.15, 0.2) is 0 Å². The molecule has 1 aromatic carbocycles. The quantitative estimate of drug-likeness (QED) is 0.701. The van der Waals surface area contributed by atoms with Crippen molar-refractivity contribution >= 4 is 35.0 Å². The summed E-state index contributed by atoms with van der Waals surface area (Å²) >= 11 is 13.7. The van der Waals surface area contributed by atoms with Gasteiger partial charge in [-0.1, -0.05) is 18.2 Å². The van der Waals surface area contributed by atoms with Gasteiger partial charge in [0.1, 0.15) is 5.82 Å². The van der Waals surface area contributed by atoms with E-state index >= 15 is 0 Å². The van der Waals surface area contributed by atoms with Crippen LogP contribution in [0.5, 0.6) is 0 Å². The Hall–Kier alpha value is 0.0800. The van der Waals surface area contributed by atoms with Crippen molar-refractivity contribution in [1.29, 1.82) is 0 Å². The van der Waals surface area contributed by atoms with Crippen LogP contribution >= 0.6 is 35.0 Å². The summed E-state index contributed by atoms with van der Waals surface area (Å²) in [7, 11) is 0. The summed E-state index contributed by atoms with van der Waals surface area (Å²) in [5.74, 6) is 1.40. The second kappa shape index (κ2) is 6.73. The van der Waals surface area contributed by atoms with Gasteiger partial charge < -0.3 is 0 Å². The van der Waals surface area contributed by atoms with Gasteiger partial charge in [0.05, 0.1) is 0 Å². The predicted octanol–water partition coefficient (Wildman–Crippen LogP) is 4.29. The molecule has 0 atom stereocenters. The van der Waals surface area contributed by atoms with Crippen molar-refractivity contribution in [2.45, 2.75) is 11.8 Å². The van der Waals surface area contributed by atoms with Gasteiger partial charge in [-0.2, -0.15) is 11.8 Å². The molecule has 0 saturated heterocycles. The van der Waals surface area contributed by atoms with E-state index < -0.39 is 5.41 Å². The SMILES string of the molecule is CSCCC(CCl)(CCl)c1ccccc1F. The van der Waals surface area contributed by atoms with Gasteiger partial charge in [0, 0.05) is 17.2 Å². The van der Waals surface area contributed by atoms with Crippen molar-refractivity contribution < 1.29 is 4.39 Å². The molecule has 0 N–H and O–H groups in total. The molecule has 0 aliphatic heterocycles. The average Bonchev–Trinajstić information content (AvgIpc) is 2.33. The van der Waals surface area contributed by atoms with Crippen LogP contribution in [0.2, 0.25) is 0 Å². The number of rotatable bonds is 6. The van der Waals surface area contributed by atoms with Crippen LogP contribution < -0.4 is 0 Å². The average molecular weight is 281 g/mol. The Morgan fingerprint density at radius 1 is 1.25 bits per heavy atom. The van der Waals surface area contributed by atoms with E-state index in [9.17, 15) is 4.39 Å². The predicted molar refractivity (Wildman–Crippen MR) is 72.5 cm³/mol. The molecule has 0 aromatic heterocycles. The van der Waals surface area contributed by atoms with Crippen molar-refractivity contribution in [2.75, 3.05) is 23.8 Å². The van der Waals surface area contributed by atoms with E-state index in [2.05, 4.69) is 0 Å². The molecule has 0 radical (unpaired) electrons. The van der Waals surface area contributed by atoms with Crippen molar-refractivity contribution in [3.05, 3.63) is 35.6 Å². The number of thioether (sulfide) groups is 1. The summed E-state index contributed by atoms with van der Waals surface area (Å²) in [6.07, 6.45) is 2.82. The summed E-state index contributed by atoms with van der Waals surface area (Å²) in [6, 6.07) is 6.74. The Morgan fingerprint density at radius 2 is 1.88 bits per heavy atom. The summed E-state index contributed by atoms with van der Waals surface area (Å²) in [4.78, 5) is 0. The van der Waals surface area contributed by atoms with Crippen molar-refractivity contribution in [2.24, 2.45) is 0 Å². The standard InChI is InChI=1S/C12H15Cl2FS/c1-16-7-6-12(8-13,9-14)10-4-2-3-5-11(10)15/h2-5H,6-9H2,1H3. The molecular formula is C12H15Cl2FS. The molecule has 16 heavy (non-hydrogen) atoms. The Labute approximate surface area is 111 Å². The molecule has 0 unspecified atom stereocenters. The van der Waals surface area contributed by atoms with Crippen LogP contribution in [0.25, 0.3) is 0 Å². The maximum absolute atomic E-state index is 13.8. The molecule has 0 fully saturated rings. The maximum atomic E-state index is 13.8. The van der Waals surface area contributed by atoms with E-state index in [1.807, 2.05) is 12.3 Å². The third kappa shape index (κ3) is 3.06. The maximum Gasteiger partial charge on any atom is 0.127 e. The third-order valence-electron chi connectivity index (χ3n) is 2.74. The monoisotopic (exact) mass is 280 g/mol. The van der Waals surface area contributed by atoms with Gasteiger partial charge >= 0.3 is 0 Å². The zero-order chi connectivity index (χ0) is 12.0. The van der Waals surface area contributed by atoms with Crippen LogP contribution in [0.4, 0.5) is 4.39 Å². The lowest BCUT2D eigenvalue weighted by Gasteiger charge is -2.30. The lowest BCUT2D eigenvalue weighted by Crippen LogP contribution is -2.32. The molecule has 0 saturated carbocycles. The van der Waals surface area contributed by atoms with Crippen LogP contribution in [-0.2, 0) is 5.41 Å². The normalized spacial score (nSPS) is 11.8. The van der Waals surface area contributed by atoms with Crippen LogP contribution in [0.15, 0.2) is 24.3 Å². The highest BCUT2D eigenvalue weighted by Gasteiger charge is 2.32. The van der Waals surface area contributed by atoms with Gasteiger partial charge in [-0.15, -0.1) is 23.2 Å². The lowest BCUT2D eigenvalue weighted by molar-refractivity contribution is 0.483. The van der Waals surface area contributed by atoms with Gasteiger partial charge in [-0.3, -0.25) is 0 Å². The smallest absolute Gasteiger partial charge is 0.127 e. The Kier molecular flexibility index (Phi) is 5.95. The molecule has 0 bridgehead atoms. The number of halogens is 3.